The van der Waals surface area contributed by atoms with Crippen LogP contribution in [0.1, 0.15) is 5.56 Å². The number of hydrogen-bond acceptors (Lipinski definition) is 6. The molecule has 9 nitrogen and oxygen atoms in total. The molecule has 2 aromatic rings. The van der Waals surface area contributed by atoms with Crippen LogP contribution in [0.15, 0.2) is 47.5 Å². The van der Waals surface area contributed by atoms with Crippen LogP contribution in [0, 0.1) is 0 Å². The molecule has 0 aliphatic carbocycles. The molecule has 1 aromatic heterocycles. The van der Waals surface area contributed by atoms with Gasteiger partial charge in [0.1, 0.15) is 5.82 Å². The number of hydrogen-bond donors (Lipinski definition) is 3. The molecule has 0 radical (unpaired) electrons. The first-order valence-corrected chi connectivity index (χ1v) is 9.92. The van der Waals surface area contributed by atoms with E-state index in [2.05, 4.69) is 20.5 Å². The molecule has 144 valence electrons. The molecule has 10 heteroatoms. The number of sulfonamides is 1. The number of pyridine rings is 1. The minimum Gasteiger partial charge on any atom is -0.378 e. The molecule has 3 rings (SSSR count). The van der Waals surface area contributed by atoms with Crippen molar-refractivity contribution < 1.29 is 17.9 Å². The smallest absolute Gasteiger partial charge is 0.319 e. The van der Waals surface area contributed by atoms with E-state index in [-0.39, 0.29) is 4.90 Å². The molecule has 0 bridgehead atoms. The van der Waals surface area contributed by atoms with Gasteiger partial charge in [-0.1, -0.05) is 6.07 Å². The van der Waals surface area contributed by atoms with Crippen LogP contribution in [0.3, 0.4) is 0 Å². The number of carbonyl (C=O) groups is 1. The van der Waals surface area contributed by atoms with Gasteiger partial charge in [0.15, 0.2) is 0 Å². The number of nitrogens with zero attached hydrogens (tertiary/aromatic N) is 2. The van der Waals surface area contributed by atoms with E-state index in [9.17, 15) is 13.2 Å². The van der Waals surface area contributed by atoms with Crippen molar-refractivity contribution in [3.63, 3.8) is 0 Å². The molecule has 0 unspecified atom stereocenters. The van der Waals surface area contributed by atoms with E-state index in [0.29, 0.717) is 25.4 Å². The van der Waals surface area contributed by atoms with Crippen molar-refractivity contribution in [2.45, 2.75) is 11.4 Å². The quantitative estimate of drug-likeness (QED) is 0.695. The number of ether oxygens (including phenoxy) is 1. The predicted octanol–water partition coefficient (Wildman–Crippen LogP) is 0.887. The summed E-state index contributed by atoms with van der Waals surface area (Å²) in [6, 6.07) is 9.04. The number of rotatable bonds is 5. The number of amides is 2. The fourth-order valence-electron chi connectivity index (χ4n) is 2.59. The van der Waals surface area contributed by atoms with Crippen LogP contribution in [0.5, 0.6) is 0 Å². The third-order valence-corrected chi connectivity index (χ3v) is 4.97. The Morgan fingerprint density at radius 2 is 1.85 bits per heavy atom. The number of anilines is 2. The molecule has 2 amide bonds. The lowest BCUT2D eigenvalue weighted by Gasteiger charge is -2.27. The molecule has 2 heterocycles. The van der Waals surface area contributed by atoms with Gasteiger partial charge in [-0.05, 0) is 35.9 Å². The topological polar surface area (TPSA) is 127 Å². The minimum atomic E-state index is -3.75. The van der Waals surface area contributed by atoms with E-state index < -0.39 is 16.1 Å². The third-order valence-electron chi connectivity index (χ3n) is 4.04. The second kappa shape index (κ2) is 8.33. The SMILES string of the molecule is NS(=O)(=O)c1ccc(NC(=O)NCc2ccc(N3CCOCC3)nc2)cc1. The number of aromatic nitrogens is 1. The van der Waals surface area contributed by atoms with Gasteiger partial charge in [0.05, 0.1) is 18.1 Å². The standard InChI is InChI=1S/C17H21N5O4S/c18-27(24,25)15-4-2-14(3-5-15)21-17(23)20-12-13-1-6-16(19-11-13)22-7-9-26-10-8-22/h1-6,11H,7-10,12H2,(H2,18,24,25)(H2,20,21,23). The number of benzene rings is 1. The van der Waals surface area contributed by atoms with Crippen LogP contribution < -0.4 is 20.7 Å². The molecular formula is C17H21N5O4S. The number of carbonyl (C=O) groups excluding carboxylic acids is 1. The van der Waals surface area contributed by atoms with Gasteiger partial charge < -0.3 is 20.3 Å². The predicted molar refractivity (Wildman–Crippen MR) is 101 cm³/mol. The monoisotopic (exact) mass is 391 g/mol. The second-order valence-electron chi connectivity index (χ2n) is 6.00. The van der Waals surface area contributed by atoms with Crippen LogP contribution in [0.2, 0.25) is 0 Å². The van der Waals surface area contributed by atoms with Crippen LogP contribution in [-0.4, -0.2) is 45.7 Å². The maximum absolute atomic E-state index is 12.0. The molecule has 4 N–H and O–H groups in total. The summed E-state index contributed by atoms with van der Waals surface area (Å²) in [6.07, 6.45) is 1.73. The molecule has 1 fully saturated rings. The Labute approximate surface area is 157 Å². The van der Waals surface area contributed by atoms with Gasteiger partial charge in [-0.15, -0.1) is 0 Å². The highest BCUT2D eigenvalue weighted by atomic mass is 32.2. The van der Waals surface area contributed by atoms with Gasteiger partial charge in [-0.25, -0.2) is 23.3 Å². The molecule has 1 aromatic carbocycles. The summed E-state index contributed by atoms with van der Waals surface area (Å²) in [5, 5.41) is 10.4. The highest BCUT2D eigenvalue weighted by molar-refractivity contribution is 7.89. The van der Waals surface area contributed by atoms with Gasteiger partial charge >= 0.3 is 6.03 Å². The molecule has 1 aliphatic heterocycles. The lowest BCUT2D eigenvalue weighted by atomic mass is 10.2. The summed E-state index contributed by atoms with van der Waals surface area (Å²) in [5.41, 5.74) is 1.33. The fraction of sp³-hybridized carbons (Fsp3) is 0.294. The summed E-state index contributed by atoms with van der Waals surface area (Å²) in [4.78, 5) is 18.5. The van der Waals surface area contributed by atoms with Crippen LogP contribution in [0.25, 0.3) is 0 Å². The van der Waals surface area contributed by atoms with E-state index in [4.69, 9.17) is 9.88 Å². The van der Waals surface area contributed by atoms with Crippen molar-refractivity contribution in [3.8, 4) is 0 Å². The Bertz CT molecular complexity index is 879. The highest BCUT2D eigenvalue weighted by Crippen LogP contribution is 2.14. The van der Waals surface area contributed by atoms with Crippen molar-refractivity contribution in [3.05, 3.63) is 48.2 Å². The molecule has 0 spiro atoms. The first-order chi connectivity index (χ1) is 12.9. The van der Waals surface area contributed by atoms with E-state index in [1.807, 2.05) is 12.1 Å². The Hall–Kier alpha value is -2.69. The van der Waals surface area contributed by atoms with E-state index in [1.165, 1.54) is 24.3 Å². The zero-order valence-electron chi connectivity index (χ0n) is 14.6. The summed E-state index contributed by atoms with van der Waals surface area (Å²) in [7, 11) is -3.75. The number of nitrogens with one attached hydrogen (secondary N) is 2. The second-order valence-corrected chi connectivity index (χ2v) is 7.56. The van der Waals surface area contributed by atoms with Crippen molar-refractivity contribution in [1.82, 2.24) is 10.3 Å². The van der Waals surface area contributed by atoms with Crippen molar-refractivity contribution in [2.24, 2.45) is 5.14 Å². The summed E-state index contributed by atoms with van der Waals surface area (Å²) >= 11 is 0. The minimum absolute atomic E-state index is 0.0140. The fourth-order valence-corrected chi connectivity index (χ4v) is 3.10. The first-order valence-electron chi connectivity index (χ1n) is 8.37. The molecule has 0 saturated carbocycles. The lowest BCUT2D eigenvalue weighted by Crippen LogP contribution is -2.36. The van der Waals surface area contributed by atoms with E-state index in [1.54, 1.807) is 6.20 Å². The lowest BCUT2D eigenvalue weighted by molar-refractivity contribution is 0.122. The van der Waals surface area contributed by atoms with Crippen molar-refractivity contribution >= 4 is 27.6 Å². The number of morpholine rings is 1. The Morgan fingerprint density at radius 3 is 2.44 bits per heavy atom. The van der Waals surface area contributed by atoms with Crippen molar-refractivity contribution in [2.75, 3.05) is 36.5 Å². The molecule has 1 saturated heterocycles. The number of primary sulfonamides is 1. The average molecular weight is 391 g/mol. The van der Waals surface area contributed by atoms with Gasteiger partial charge in [0.2, 0.25) is 10.0 Å². The maximum atomic E-state index is 12.0. The first kappa shape index (κ1) is 19.1. The Morgan fingerprint density at radius 1 is 1.15 bits per heavy atom. The molecular weight excluding hydrogens is 370 g/mol. The van der Waals surface area contributed by atoms with E-state index >= 15 is 0 Å². The zero-order valence-corrected chi connectivity index (χ0v) is 15.4. The molecule has 1 aliphatic rings. The normalized spacial score (nSPS) is 14.6. The van der Waals surface area contributed by atoms with Gasteiger partial charge in [-0.3, -0.25) is 0 Å². The molecule has 0 atom stereocenters. The maximum Gasteiger partial charge on any atom is 0.319 e. The number of urea groups is 1. The third kappa shape index (κ3) is 5.39. The van der Waals surface area contributed by atoms with Gasteiger partial charge in [0.25, 0.3) is 0 Å². The van der Waals surface area contributed by atoms with Crippen LogP contribution >= 0.6 is 0 Å². The zero-order chi connectivity index (χ0) is 19.3. The van der Waals surface area contributed by atoms with E-state index in [0.717, 1.165) is 24.5 Å². The summed E-state index contributed by atoms with van der Waals surface area (Å²) < 4.78 is 27.7. The Balaban J connectivity index is 1.50. The summed E-state index contributed by atoms with van der Waals surface area (Å²) in [6.45, 7) is 3.35. The van der Waals surface area contributed by atoms with Gasteiger partial charge in [-0.2, -0.15) is 0 Å². The summed E-state index contributed by atoms with van der Waals surface area (Å²) in [5.74, 6) is 0.890. The van der Waals surface area contributed by atoms with Gasteiger partial charge in [0, 0.05) is 31.5 Å². The van der Waals surface area contributed by atoms with Crippen LogP contribution in [0.4, 0.5) is 16.3 Å². The average Bonchev–Trinajstić information content (AvgIpc) is 2.67. The van der Waals surface area contributed by atoms with Crippen molar-refractivity contribution in [1.29, 1.82) is 0 Å². The number of nitrogens with two attached hydrogens (primary N) is 1. The molecule has 27 heavy (non-hydrogen) atoms. The van der Waals surface area contributed by atoms with Crippen LogP contribution in [-0.2, 0) is 21.3 Å². The largest absolute Gasteiger partial charge is 0.378 e. The Kier molecular flexibility index (Phi) is 5.89. The highest BCUT2D eigenvalue weighted by Gasteiger charge is 2.12.